The van der Waals surface area contributed by atoms with E-state index in [0.29, 0.717) is 19.1 Å². The van der Waals surface area contributed by atoms with Crippen LogP contribution in [-0.2, 0) is 10.2 Å². The van der Waals surface area contributed by atoms with Crippen molar-refractivity contribution >= 4 is 10.2 Å². The van der Waals surface area contributed by atoms with Gasteiger partial charge in [0.05, 0.1) is 0 Å². The molecule has 1 aliphatic heterocycles. The van der Waals surface area contributed by atoms with E-state index in [-0.39, 0.29) is 0 Å². The van der Waals surface area contributed by atoms with Crippen molar-refractivity contribution < 1.29 is 8.42 Å². The molecular formula is C6H15N3O2S. The number of likely N-dealkylation sites (N-methyl/N-ethyl adjacent to an activating group) is 1. The van der Waals surface area contributed by atoms with Crippen LogP contribution >= 0.6 is 0 Å². The standard InChI is InChI=1S/C6H15N3O2S/c1-7-6-4-9(5-6)12(10,11)8(2)3/h6-7H,4-5H2,1-3H3. The van der Waals surface area contributed by atoms with Crippen molar-refractivity contribution in [3.8, 4) is 0 Å². The average molecular weight is 193 g/mol. The molecular weight excluding hydrogens is 178 g/mol. The van der Waals surface area contributed by atoms with E-state index in [1.165, 1.54) is 8.61 Å². The molecule has 0 aromatic carbocycles. The fraction of sp³-hybridized carbons (Fsp3) is 1.00. The molecule has 5 nitrogen and oxygen atoms in total. The Balaban J connectivity index is 2.53. The average Bonchev–Trinajstić information content (AvgIpc) is 1.84. The Kier molecular flexibility index (Phi) is 2.72. The first kappa shape index (κ1) is 9.91. The van der Waals surface area contributed by atoms with Gasteiger partial charge in [0.2, 0.25) is 0 Å². The quantitative estimate of drug-likeness (QED) is 0.606. The van der Waals surface area contributed by atoms with Gasteiger partial charge in [0.15, 0.2) is 0 Å². The second-order valence-electron chi connectivity index (χ2n) is 3.09. The zero-order valence-electron chi connectivity index (χ0n) is 7.61. The van der Waals surface area contributed by atoms with Gasteiger partial charge in [-0.1, -0.05) is 0 Å². The van der Waals surface area contributed by atoms with Crippen LogP contribution in [0.15, 0.2) is 0 Å². The van der Waals surface area contributed by atoms with Crippen molar-refractivity contribution in [2.75, 3.05) is 34.2 Å². The molecule has 0 radical (unpaired) electrons. The number of rotatable bonds is 3. The molecule has 0 aliphatic carbocycles. The van der Waals surface area contributed by atoms with Crippen molar-refractivity contribution in [1.82, 2.24) is 13.9 Å². The summed E-state index contributed by atoms with van der Waals surface area (Å²) < 4.78 is 25.5. The van der Waals surface area contributed by atoms with Gasteiger partial charge >= 0.3 is 0 Å². The van der Waals surface area contributed by atoms with E-state index in [2.05, 4.69) is 5.32 Å². The SMILES string of the molecule is CNC1CN(S(=O)(=O)N(C)C)C1. The van der Waals surface area contributed by atoms with Crippen LogP contribution in [0.4, 0.5) is 0 Å². The van der Waals surface area contributed by atoms with Crippen molar-refractivity contribution in [2.45, 2.75) is 6.04 Å². The van der Waals surface area contributed by atoms with E-state index in [4.69, 9.17) is 0 Å². The summed E-state index contributed by atoms with van der Waals surface area (Å²) in [6, 6.07) is 0.319. The maximum Gasteiger partial charge on any atom is 0.281 e. The topological polar surface area (TPSA) is 52.7 Å². The molecule has 0 unspecified atom stereocenters. The predicted octanol–water partition coefficient (Wildman–Crippen LogP) is -1.30. The lowest BCUT2D eigenvalue weighted by Gasteiger charge is -2.38. The van der Waals surface area contributed by atoms with E-state index in [0.717, 1.165) is 0 Å². The number of hydrogen-bond donors (Lipinski definition) is 1. The largest absolute Gasteiger partial charge is 0.314 e. The van der Waals surface area contributed by atoms with E-state index in [1.54, 1.807) is 14.1 Å². The molecule has 1 rings (SSSR count). The van der Waals surface area contributed by atoms with Gasteiger partial charge in [0.25, 0.3) is 10.2 Å². The smallest absolute Gasteiger partial charge is 0.281 e. The van der Waals surface area contributed by atoms with Crippen molar-refractivity contribution in [3.63, 3.8) is 0 Å². The van der Waals surface area contributed by atoms with E-state index >= 15 is 0 Å². The summed E-state index contributed by atoms with van der Waals surface area (Å²) in [7, 11) is 1.77. The summed E-state index contributed by atoms with van der Waals surface area (Å²) in [4.78, 5) is 0. The summed E-state index contributed by atoms with van der Waals surface area (Å²) in [5.74, 6) is 0. The maximum absolute atomic E-state index is 11.4. The third-order valence-corrected chi connectivity index (χ3v) is 3.92. The Morgan fingerprint density at radius 1 is 1.42 bits per heavy atom. The molecule has 72 valence electrons. The van der Waals surface area contributed by atoms with Gasteiger partial charge in [0, 0.05) is 33.2 Å². The lowest BCUT2D eigenvalue weighted by Crippen LogP contribution is -2.60. The molecule has 6 heteroatoms. The molecule has 0 aromatic rings. The van der Waals surface area contributed by atoms with E-state index in [1.807, 2.05) is 7.05 Å². The van der Waals surface area contributed by atoms with Gasteiger partial charge in [-0.2, -0.15) is 17.0 Å². The van der Waals surface area contributed by atoms with Crippen LogP contribution in [0.25, 0.3) is 0 Å². The first-order chi connectivity index (χ1) is 5.48. The molecule has 12 heavy (non-hydrogen) atoms. The second-order valence-corrected chi connectivity index (χ2v) is 5.24. The molecule has 1 aliphatic rings. The highest BCUT2D eigenvalue weighted by Gasteiger charge is 2.35. The fourth-order valence-electron chi connectivity index (χ4n) is 1.04. The van der Waals surface area contributed by atoms with Crippen molar-refractivity contribution in [2.24, 2.45) is 0 Å². The van der Waals surface area contributed by atoms with Gasteiger partial charge in [-0.05, 0) is 7.05 Å². The highest BCUT2D eigenvalue weighted by Crippen LogP contribution is 2.14. The van der Waals surface area contributed by atoms with E-state index < -0.39 is 10.2 Å². The molecule has 0 atom stereocenters. The molecule has 1 heterocycles. The molecule has 0 amide bonds. The Morgan fingerprint density at radius 3 is 2.25 bits per heavy atom. The van der Waals surface area contributed by atoms with E-state index in [9.17, 15) is 8.42 Å². The fourth-order valence-corrected chi connectivity index (χ4v) is 2.24. The Labute approximate surface area is 73.5 Å². The number of nitrogens with zero attached hydrogens (tertiary/aromatic N) is 2. The molecule has 0 bridgehead atoms. The molecule has 1 saturated heterocycles. The minimum atomic E-state index is -3.16. The van der Waals surface area contributed by atoms with Crippen LogP contribution in [0.5, 0.6) is 0 Å². The lowest BCUT2D eigenvalue weighted by atomic mass is 10.2. The molecule has 1 fully saturated rings. The van der Waals surface area contributed by atoms with Crippen LogP contribution in [0.1, 0.15) is 0 Å². The summed E-state index contributed by atoms with van der Waals surface area (Å²) in [5, 5.41) is 3.02. The third-order valence-electron chi connectivity index (χ3n) is 2.04. The first-order valence-electron chi connectivity index (χ1n) is 3.83. The zero-order chi connectivity index (χ0) is 9.35. The first-order valence-corrected chi connectivity index (χ1v) is 5.23. The summed E-state index contributed by atoms with van der Waals surface area (Å²) in [5.41, 5.74) is 0. The summed E-state index contributed by atoms with van der Waals surface area (Å²) in [6.45, 7) is 1.16. The highest BCUT2D eigenvalue weighted by atomic mass is 32.2. The normalized spacial score (nSPS) is 21.3. The molecule has 0 spiro atoms. The lowest BCUT2D eigenvalue weighted by molar-refractivity contribution is 0.225. The van der Waals surface area contributed by atoms with Gasteiger partial charge in [-0.3, -0.25) is 0 Å². The van der Waals surface area contributed by atoms with Crippen LogP contribution in [0, 0.1) is 0 Å². The Morgan fingerprint density at radius 2 is 1.92 bits per heavy atom. The van der Waals surface area contributed by atoms with Gasteiger partial charge in [-0.25, -0.2) is 0 Å². The minimum Gasteiger partial charge on any atom is -0.314 e. The summed E-state index contributed by atoms with van der Waals surface area (Å²) >= 11 is 0. The molecule has 0 aromatic heterocycles. The van der Waals surface area contributed by atoms with Crippen molar-refractivity contribution in [1.29, 1.82) is 0 Å². The molecule has 1 N–H and O–H groups in total. The second kappa shape index (κ2) is 3.29. The Hall–Kier alpha value is -0.170. The minimum absolute atomic E-state index is 0.319. The zero-order valence-corrected chi connectivity index (χ0v) is 8.43. The van der Waals surface area contributed by atoms with Gasteiger partial charge in [-0.15, -0.1) is 0 Å². The molecule has 0 saturated carbocycles. The van der Waals surface area contributed by atoms with Crippen LogP contribution in [0.2, 0.25) is 0 Å². The van der Waals surface area contributed by atoms with Crippen LogP contribution < -0.4 is 5.32 Å². The number of hydrogen-bond acceptors (Lipinski definition) is 3. The van der Waals surface area contributed by atoms with Crippen molar-refractivity contribution in [3.05, 3.63) is 0 Å². The predicted molar refractivity (Wildman–Crippen MR) is 47.0 cm³/mol. The van der Waals surface area contributed by atoms with Gasteiger partial charge < -0.3 is 5.32 Å². The third kappa shape index (κ3) is 1.61. The Bertz CT molecular complexity index is 244. The van der Waals surface area contributed by atoms with Crippen LogP contribution in [0.3, 0.4) is 0 Å². The number of nitrogens with one attached hydrogen (secondary N) is 1. The van der Waals surface area contributed by atoms with Crippen LogP contribution in [-0.4, -0.2) is 57.3 Å². The highest BCUT2D eigenvalue weighted by molar-refractivity contribution is 7.86. The van der Waals surface area contributed by atoms with Gasteiger partial charge in [0.1, 0.15) is 0 Å². The summed E-state index contributed by atoms with van der Waals surface area (Å²) in [6.07, 6.45) is 0. The maximum atomic E-state index is 11.4. The monoisotopic (exact) mass is 193 g/mol.